The van der Waals surface area contributed by atoms with E-state index in [-0.39, 0.29) is 5.28 Å². The minimum Gasteiger partial charge on any atom is -0.493 e. The Labute approximate surface area is 171 Å². The van der Waals surface area contributed by atoms with Gasteiger partial charge in [0.1, 0.15) is 23.2 Å². The van der Waals surface area contributed by atoms with Gasteiger partial charge in [0.15, 0.2) is 17.3 Å². The van der Waals surface area contributed by atoms with Crippen LogP contribution in [-0.4, -0.2) is 50.6 Å². The Morgan fingerprint density at radius 1 is 1.03 bits per heavy atom. The average Bonchev–Trinajstić information content (AvgIpc) is 3.33. The van der Waals surface area contributed by atoms with E-state index in [0.717, 1.165) is 11.2 Å². The van der Waals surface area contributed by atoms with Crippen LogP contribution >= 0.6 is 11.6 Å². The number of halogens is 1. The SMILES string of the molecule is COc1cc(-n2cnc(Nc3nc(Cl)nc4cnn(C)c34)c2)cc(OC)c1OC. The van der Waals surface area contributed by atoms with Gasteiger partial charge >= 0.3 is 0 Å². The molecule has 3 aromatic heterocycles. The number of benzene rings is 1. The summed E-state index contributed by atoms with van der Waals surface area (Å²) in [7, 11) is 6.50. The van der Waals surface area contributed by atoms with Gasteiger partial charge in [-0.1, -0.05) is 0 Å². The second-order valence-corrected chi connectivity index (χ2v) is 6.36. The van der Waals surface area contributed by atoms with Crippen molar-refractivity contribution in [1.82, 2.24) is 29.3 Å². The van der Waals surface area contributed by atoms with Crippen molar-refractivity contribution in [2.45, 2.75) is 0 Å². The van der Waals surface area contributed by atoms with Crippen molar-refractivity contribution in [3.05, 3.63) is 36.1 Å². The zero-order valence-electron chi connectivity index (χ0n) is 16.2. The van der Waals surface area contributed by atoms with Crippen LogP contribution in [0.4, 0.5) is 11.6 Å². The van der Waals surface area contributed by atoms with Crippen LogP contribution in [0.25, 0.3) is 16.7 Å². The molecular formula is C18H18ClN7O3. The number of aryl methyl sites for hydroxylation is 1. The van der Waals surface area contributed by atoms with E-state index in [2.05, 4.69) is 25.4 Å². The number of anilines is 2. The number of methoxy groups -OCH3 is 3. The second kappa shape index (κ2) is 7.47. The van der Waals surface area contributed by atoms with Gasteiger partial charge in [-0.05, 0) is 11.6 Å². The minimum absolute atomic E-state index is 0.122. The molecule has 0 bridgehead atoms. The molecule has 3 heterocycles. The first-order chi connectivity index (χ1) is 14.0. The molecule has 4 aromatic rings. The number of hydrogen-bond acceptors (Lipinski definition) is 8. The Kier molecular flexibility index (Phi) is 4.85. The molecule has 0 spiro atoms. The lowest BCUT2D eigenvalue weighted by atomic mass is 10.2. The number of hydrogen-bond donors (Lipinski definition) is 1. The predicted molar refractivity (Wildman–Crippen MR) is 108 cm³/mol. The van der Waals surface area contributed by atoms with Crippen molar-refractivity contribution in [3.63, 3.8) is 0 Å². The van der Waals surface area contributed by atoms with Gasteiger partial charge in [0.2, 0.25) is 11.0 Å². The molecule has 4 rings (SSSR count). The Balaban J connectivity index is 1.71. The lowest BCUT2D eigenvalue weighted by molar-refractivity contribution is 0.324. The van der Waals surface area contributed by atoms with Gasteiger partial charge in [-0.3, -0.25) is 4.68 Å². The van der Waals surface area contributed by atoms with E-state index in [1.54, 1.807) is 51.8 Å². The second-order valence-electron chi connectivity index (χ2n) is 6.02. The molecule has 1 aromatic carbocycles. The van der Waals surface area contributed by atoms with Crippen LogP contribution in [0.2, 0.25) is 5.28 Å². The van der Waals surface area contributed by atoms with Crippen molar-refractivity contribution in [2.24, 2.45) is 7.05 Å². The van der Waals surface area contributed by atoms with Crippen LogP contribution in [0, 0.1) is 0 Å². The Hall–Kier alpha value is -3.53. The standard InChI is InChI=1S/C18H18ClN7O3/c1-25-15-11(7-21-25)22-18(19)24-17(15)23-14-8-26(9-20-14)10-5-12(27-2)16(29-4)13(6-10)28-3/h5-9H,1-4H3,(H,22,23,24). The highest BCUT2D eigenvalue weighted by Gasteiger charge is 2.16. The summed E-state index contributed by atoms with van der Waals surface area (Å²) in [4.78, 5) is 12.8. The maximum absolute atomic E-state index is 6.03. The number of ether oxygens (including phenoxy) is 3. The van der Waals surface area contributed by atoms with E-state index in [1.807, 2.05) is 16.7 Å². The van der Waals surface area contributed by atoms with Gasteiger partial charge in [0.05, 0.1) is 39.4 Å². The summed E-state index contributed by atoms with van der Waals surface area (Å²) >= 11 is 6.03. The number of fused-ring (bicyclic) bond motifs is 1. The molecule has 0 aliphatic carbocycles. The molecule has 0 aliphatic heterocycles. The average molecular weight is 416 g/mol. The summed E-state index contributed by atoms with van der Waals surface area (Å²) in [6.07, 6.45) is 5.09. The summed E-state index contributed by atoms with van der Waals surface area (Å²) in [6, 6.07) is 3.65. The topological polar surface area (TPSA) is 101 Å². The highest BCUT2D eigenvalue weighted by atomic mass is 35.5. The van der Waals surface area contributed by atoms with Crippen LogP contribution < -0.4 is 19.5 Å². The summed E-state index contributed by atoms with van der Waals surface area (Å²) in [6.45, 7) is 0. The third-order valence-electron chi connectivity index (χ3n) is 4.34. The third kappa shape index (κ3) is 3.38. The van der Waals surface area contributed by atoms with Crippen LogP contribution in [0.3, 0.4) is 0 Å². The maximum Gasteiger partial charge on any atom is 0.225 e. The smallest absolute Gasteiger partial charge is 0.225 e. The number of aromatic nitrogens is 6. The number of imidazole rings is 1. The Morgan fingerprint density at radius 3 is 2.41 bits per heavy atom. The van der Waals surface area contributed by atoms with Crippen molar-refractivity contribution < 1.29 is 14.2 Å². The first-order valence-corrected chi connectivity index (χ1v) is 8.88. The molecular weight excluding hydrogens is 398 g/mol. The van der Waals surface area contributed by atoms with Crippen LogP contribution in [0.15, 0.2) is 30.9 Å². The third-order valence-corrected chi connectivity index (χ3v) is 4.51. The van der Waals surface area contributed by atoms with E-state index in [0.29, 0.717) is 34.4 Å². The number of rotatable bonds is 6. The largest absolute Gasteiger partial charge is 0.493 e. The number of nitrogens with zero attached hydrogens (tertiary/aromatic N) is 6. The lowest BCUT2D eigenvalue weighted by Gasteiger charge is -2.14. The zero-order chi connectivity index (χ0) is 20.5. The molecule has 0 aliphatic rings. The van der Waals surface area contributed by atoms with E-state index < -0.39 is 0 Å². The predicted octanol–water partition coefficient (Wildman–Crippen LogP) is 2.97. The fraction of sp³-hybridized carbons (Fsp3) is 0.222. The minimum atomic E-state index is 0.122. The fourth-order valence-corrected chi connectivity index (χ4v) is 3.18. The molecule has 10 nitrogen and oxygen atoms in total. The number of nitrogens with one attached hydrogen (secondary N) is 1. The molecule has 0 unspecified atom stereocenters. The molecule has 150 valence electrons. The van der Waals surface area contributed by atoms with Gasteiger partial charge in [-0.2, -0.15) is 10.1 Å². The molecule has 0 atom stereocenters. The van der Waals surface area contributed by atoms with Gasteiger partial charge in [0.25, 0.3) is 0 Å². The highest BCUT2D eigenvalue weighted by Crippen LogP contribution is 2.39. The van der Waals surface area contributed by atoms with Crippen LogP contribution in [0.5, 0.6) is 17.2 Å². The summed E-state index contributed by atoms with van der Waals surface area (Å²) in [5.74, 6) is 2.69. The zero-order valence-corrected chi connectivity index (χ0v) is 16.9. The molecule has 0 saturated heterocycles. The summed E-state index contributed by atoms with van der Waals surface area (Å²) < 4.78 is 19.7. The maximum atomic E-state index is 6.03. The van der Waals surface area contributed by atoms with E-state index >= 15 is 0 Å². The highest BCUT2D eigenvalue weighted by molar-refractivity contribution is 6.28. The molecule has 11 heteroatoms. The quantitative estimate of drug-likeness (QED) is 0.479. The molecule has 0 radical (unpaired) electrons. The van der Waals surface area contributed by atoms with Gasteiger partial charge in [-0.25, -0.2) is 9.97 Å². The first kappa shape index (κ1) is 18.8. The van der Waals surface area contributed by atoms with Crippen molar-refractivity contribution >= 4 is 34.3 Å². The molecule has 0 fully saturated rings. The molecule has 29 heavy (non-hydrogen) atoms. The first-order valence-electron chi connectivity index (χ1n) is 8.50. The van der Waals surface area contributed by atoms with Crippen LogP contribution in [-0.2, 0) is 7.05 Å². The van der Waals surface area contributed by atoms with Crippen molar-refractivity contribution in [1.29, 1.82) is 0 Å². The van der Waals surface area contributed by atoms with E-state index in [4.69, 9.17) is 25.8 Å². The van der Waals surface area contributed by atoms with Crippen LogP contribution in [0.1, 0.15) is 0 Å². The van der Waals surface area contributed by atoms with Gasteiger partial charge in [-0.15, -0.1) is 0 Å². The molecule has 0 saturated carbocycles. The van der Waals surface area contributed by atoms with Crippen molar-refractivity contribution in [2.75, 3.05) is 26.6 Å². The van der Waals surface area contributed by atoms with Crippen molar-refractivity contribution in [3.8, 4) is 22.9 Å². The fourth-order valence-electron chi connectivity index (χ4n) is 3.01. The van der Waals surface area contributed by atoms with E-state index in [1.165, 1.54) is 0 Å². The molecule has 1 N–H and O–H groups in total. The normalized spacial score (nSPS) is 10.9. The summed E-state index contributed by atoms with van der Waals surface area (Å²) in [5, 5.41) is 7.49. The van der Waals surface area contributed by atoms with Gasteiger partial charge in [0, 0.05) is 19.2 Å². The monoisotopic (exact) mass is 415 g/mol. The Bertz CT molecular complexity index is 1160. The summed E-state index contributed by atoms with van der Waals surface area (Å²) in [5.41, 5.74) is 2.14. The Morgan fingerprint density at radius 2 is 1.76 bits per heavy atom. The van der Waals surface area contributed by atoms with Gasteiger partial charge < -0.3 is 24.1 Å². The van der Waals surface area contributed by atoms with E-state index in [9.17, 15) is 0 Å². The molecule has 0 amide bonds. The lowest BCUT2D eigenvalue weighted by Crippen LogP contribution is -2.01.